The molecule has 0 heterocycles. The van der Waals surface area contributed by atoms with Gasteiger partial charge in [0, 0.05) is 13.1 Å². The van der Waals surface area contributed by atoms with E-state index in [9.17, 15) is 19.5 Å². The highest BCUT2D eigenvalue weighted by atomic mass is 16.4. The molecule has 1 saturated carbocycles. The second kappa shape index (κ2) is 7.85. The van der Waals surface area contributed by atoms with Crippen LogP contribution in [-0.4, -0.2) is 42.1 Å². The van der Waals surface area contributed by atoms with Crippen molar-refractivity contribution in [1.82, 2.24) is 16.0 Å². The molecule has 0 radical (unpaired) electrons. The van der Waals surface area contributed by atoms with Gasteiger partial charge in [0.05, 0.1) is 5.41 Å². The van der Waals surface area contributed by atoms with Gasteiger partial charge in [-0.2, -0.15) is 0 Å². The Kier molecular flexibility index (Phi) is 6.45. The summed E-state index contributed by atoms with van der Waals surface area (Å²) in [6, 6.07) is -1.16. The first-order valence-electron chi connectivity index (χ1n) is 7.47. The molecule has 3 amide bonds. The van der Waals surface area contributed by atoms with Crippen molar-refractivity contribution in [1.29, 1.82) is 0 Å². The number of aliphatic carboxylic acids is 1. The molecule has 1 unspecified atom stereocenters. The zero-order valence-electron chi connectivity index (χ0n) is 12.7. The van der Waals surface area contributed by atoms with Crippen LogP contribution in [0.25, 0.3) is 0 Å². The lowest BCUT2D eigenvalue weighted by Gasteiger charge is -2.24. The number of rotatable bonds is 7. The van der Waals surface area contributed by atoms with Crippen molar-refractivity contribution in [3.05, 3.63) is 0 Å². The van der Waals surface area contributed by atoms with Crippen LogP contribution in [0, 0.1) is 5.41 Å². The highest BCUT2D eigenvalue weighted by Gasteiger charge is 2.41. The van der Waals surface area contributed by atoms with Crippen molar-refractivity contribution in [2.45, 2.75) is 52.0 Å². The zero-order valence-corrected chi connectivity index (χ0v) is 12.7. The van der Waals surface area contributed by atoms with E-state index >= 15 is 0 Å². The van der Waals surface area contributed by atoms with Crippen LogP contribution in [-0.2, 0) is 9.59 Å². The summed E-state index contributed by atoms with van der Waals surface area (Å²) in [5.74, 6) is -1.12. The fourth-order valence-electron chi connectivity index (χ4n) is 2.48. The van der Waals surface area contributed by atoms with E-state index < -0.39 is 23.5 Å². The number of carbonyl (C=O) groups excluding carboxylic acids is 2. The molecule has 7 nitrogen and oxygen atoms in total. The molecular formula is C14H25N3O4. The zero-order chi connectivity index (χ0) is 15.9. The van der Waals surface area contributed by atoms with Gasteiger partial charge >= 0.3 is 12.0 Å². The summed E-state index contributed by atoms with van der Waals surface area (Å²) in [6.07, 6.45) is 3.72. The molecule has 0 saturated heterocycles. The first-order valence-corrected chi connectivity index (χ1v) is 7.47. The van der Waals surface area contributed by atoms with Crippen molar-refractivity contribution in [3.63, 3.8) is 0 Å². The average Bonchev–Trinajstić information content (AvgIpc) is 2.92. The number of hydrogen-bond donors (Lipinski definition) is 4. The van der Waals surface area contributed by atoms with E-state index in [-0.39, 0.29) is 12.5 Å². The summed E-state index contributed by atoms with van der Waals surface area (Å²) in [5, 5.41) is 17.1. The average molecular weight is 299 g/mol. The maximum atomic E-state index is 11.8. The molecule has 0 aromatic rings. The van der Waals surface area contributed by atoms with Crippen LogP contribution in [0.1, 0.15) is 46.0 Å². The molecule has 7 heteroatoms. The van der Waals surface area contributed by atoms with Gasteiger partial charge in [-0.3, -0.25) is 9.59 Å². The summed E-state index contributed by atoms with van der Waals surface area (Å²) < 4.78 is 0. The minimum absolute atomic E-state index is 0.0947. The van der Waals surface area contributed by atoms with Crippen molar-refractivity contribution >= 4 is 17.9 Å². The third-order valence-electron chi connectivity index (χ3n) is 3.89. The Morgan fingerprint density at radius 3 is 2.33 bits per heavy atom. The summed E-state index contributed by atoms with van der Waals surface area (Å²) in [5.41, 5.74) is -0.856. The Hall–Kier alpha value is -1.79. The van der Waals surface area contributed by atoms with Crippen LogP contribution < -0.4 is 16.0 Å². The number of carboxylic acids is 1. The topological polar surface area (TPSA) is 108 Å². The molecule has 1 aliphatic rings. The fourth-order valence-corrected chi connectivity index (χ4v) is 2.48. The molecule has 1 rings (SSSR count). The third-order valence-corrected chi connectivity index (χ3v) is 3.89. The minimum atomic E-state index is -0.867. The second-order valence-corrected chi connectivity index (χ2v) is 5.63. The number of urea groups is 1. The number of hydrogen-bond acceptors (Lipinski definition) is 3. The maximum Gasteiger partial charge on any atom is 0.315 e. The van der Waals surface area contributed by atoms with E-state index in [1.807, 2.05) is 6.92 Å². The number of carboxylic acid groups (broad SMARTS) is 1. The normalized spacial score (nSPS) is 17.8. The van der Waals surface area contributed by atoms with E-state index in [4.69, 9.17) is 0 Å². The van der Waals surface area contributed by atoms with Crippen LogP contribution in [0.5, 0.6) is 0 Å². The van der Waals surface area contributed by atoms with E-state index in [1.165, 1.54) is 0 Å². The van der Waals surface area contributed by atoms with Gasteiger partial charge in [-0.05, 0) is 26.2 Å². The summed E-state index contributed by atoms with van der Waals surface area (Å²) in [6.45, 7) is 4.19. The summed E-state index contributed by atoms with van der Waals surface area (Å²) in [7, 11) is 0. The second-order valence-electron chi connectivity index (χ2n) is 5.63. The van der Waals surface area contributed by atoms with Crippen LogP contribution in [0.3, 0.4) is 0 Å². The molecule has 120 valence electrons. The lowest BCUT2D eigenvalue weighted by atomic mass is 9.86. The Morgan fingerprint density at radius 1 is 1.19 bits per heavy atom. The molecule has 21 heavy (non-hydrogen) atoms. The molecule has 1 aliphatic carbocycles. The predicted molar refractivity (Wildman–Crippen MR) is 77.8 cm³/mol. The van der Waals surface area contributed by atoms with Gasteiger partial charge in [-0.15, -0.1) is 0 Å². The van der Waals surface area contributed by atoms with Crippen LogP contribution >= 0.6 is 0 Å². The van der Waals surface area contributed by atoms with Crippen LogP contribution in [0.15, 0.2) is 0 Å². The van der Waals surface area contributed by atoms with Gasteiger partial charge < -0.3 is 21.1 Å². The Morgan fingerprint density at radius 2 is 1.81 bits per heavy atom. The largest absolute Gasteiger partial charge is 0.481 e. The van der Waals surface area contributed by atoms with E-state index in [0.29, 0.717) is 19.4 Å². The lowest BCUT2D eigenvalue weighted by Crippen LogP contribution is -2.51. The molecule has 1 fully saturated rings. The standard InChI is InChI=1S/C14H25N3O4/c1-3-8-15-11(18)10(2)17-13(21)16-9-14(12(19)20)6-4-5-7-14/h10H,3-9H2,1-2H3,(H,15,18)(H,19,20)(H2,16,17,21). The number of carbonyl (C=O) groups is 3. The van der Waals surface area contributed by atoms with Crippen molar-refractivity contribution in [2.24, 2.45) is 5.41 Å². The van der Waals surface area contributed by atoms with Crippen molar-refractivity contribution in [3.8, 4) is 0 Å². The third kappa shape index (κ3) is 4.91. The first-order chi connectivity index (χ1) is 9.91. The highest BCUT2D eigenvalue weighted by Crippen LogP contribution is 2.37. The molecule has 0 aromatic carbocycles. The Labute approximate surface area is 124 Å². The number of nitrogens with one attached hydrogen (secondary N) is 3. The SMILES string of the molecule is CCCNC(=O)C(C)NC(=O)NCC1(C(=O)O)CCCC1. The van der Waals surface area contributed by atoms with Gasteiger partial charge in [0.25, 0.3) is 0 Å². The number of amides is 3. The Bertz CT molecular complexity index is 392. The lowest BCUT2D eigenvalue weighted by molar-refractivity contribution is -0.148. The van der Waals surface area contributed by atoms with Crippen molar-refractivity contribution in [2.75, 3.05) is 13.1 Å². The van der Waals surface area contributed by atoms with Crippen molar-refractivity contribution < 1.29 is 19.5 Å². The molecular weight excluding hydrogens is 274 g/mol. The van der Waals surface area contributed by atoms with E-state index in [1.54, 1.807) is 6.92 Å². The quantitative estimate of drug-likeness (QED) is 0.559. The van der Waals surface area contributed by atoms with E-state index in [0.717, 1.165) is 19.3 Å². The monoisotopic (exact) mass is 299 g/mol. The van der Waals surface area contributed by atoms with E-state index in [2.05, 4.69) is 16.0 Å². The predicted octanol–water partition coefficient (Wildman–Crippen LogP) is 0.845. The van der Waals surface area contributed by atoms with Gasteiger partial charge in [0.1, 0.15) is 6.04 Å². The first kappa shape index (κ1) is 17.3. The minimum Gasteiger partial charge on any atom is -0.481 e. The van der Waals surface area contributed by atoms with Gasteiger partial charge in [0.15, 0.2) is 0 Å². The summed E-state index contributed by atoms with van der Waals surface area (Å²) >= 11 is 0. The van der Waals surface area contributed by atoms with Crippen LogP contribution in [0.4, 0.5) is 4.79 Å². The summed E-state index contributed by atoms with van der Waals surface area (Å²) in [4.78, 5) is 34.7. The molecule has 1 atom stereocenters. The van der Waals surface area contributed by atoms with Gasteiger partial charge in [-0.1, -0.05) is 19.8 Å². The van der Waals surface area contributed by atoms with Gasteiger partial charge in [0.2, 0.25) is 5.91 Å². The fraction of sp³-hybridized carbons (Fsp3) is 0.786. The van der Waals surface area contributed by atoms with Gasteiger partial charge in [-0.25, -0.2) is 4.79 Å². The molecule has 0 aromatic heterocycles. The smallest absolute Gasteiger partial charge is 0.315 e. The maximum absolute atomic E-state index is 11.8. The van der Waals surface area contributed by atoms with Crippen LogP contribution in [0.2, 0.25) is 0 Å². The molecule has 4 N–H and O–H groups in total. The molecule has 0 aliphatic heterocycles. The Balaban J connectivity index is 2.39. The molecule has 0 spiro atoms. The molecule has 0 bridgehead atoms. The highest BCUT2D eigenvalue weighted by molar-refractivity contribution is 5.86.